The minimum atomic E-state index is -0.928. The van der Waals surface area contributed by atoms with Gasteiger partial charge in [0.25, 0.3) is 0 Å². The Bertz CT molecular complexity index is 1400. The Morgan fingerprint density at radius 2 is 1.95 bits per heavy atom. The number of fused-ring (bicyclic) bond motifs is 1. The second kappa shape index (κ2) is 13.8. The molecule has 1 unspecified atom stereocenters. The molecule has 236 valence electrons. The number of benzene rings is 2. The number of amides is 4. The number of nitrogens with two attached hydrogens (primary N) is 1. The van der Waals surface area contributed by atoms with Crippen LogP contribution < -0.4 is 15.4 Å². The molecule has 0 aromatic heterocycles. The molecule has 0 bridgehead atoms. The molecular formula is C33H43N5O6. The Kier molecular flexibility index (Phi) is 9.85. The lowest BCUT2D eigenvalue weighted by atomic mass is 9.83. The fourth-order valence-corrected chi connectivity index (χ4v) is 6.76. The first-order valence-electron chi connectivity index (χ1n) is 15.6. The van der Waals surface area contributed by atoms with Gasteiger partial charge in [-0.1, -0.05) is 37.6 Å². The highest BCUT2D eigenvalue weighted by atomic mass is 16.5. The quantitative estimate of drug-likeness (QED) is 0.377. The fraction of sp³-hybridized carbons (Fsp3) is 0.515. The second-order valence-electron chi connectivity index (χ2n) is 12.0. The van der Waals surface area contributed by atoms with Crippen LogP contribution in [0.3, 0.4) is 0 Å². The van der Waals surface area contributed by atoms with E-state index in [1.54, 1.807) is 9.80 Å². The number of carbonyl (C=O) groups excluding carboxylic acids is 3. The number of unbranched alkanes of at least 4 members (excludes halogenated alkanes) is 1. The standard InChI is InChI=1S/C33H43N5O6/c1-3-4-13-38(25-7-5-6-22(17-25)19-34)30(40)21-37-20-26(23-8-9-28-24(18-23)12-16-44-28)31(32(41)42)27(37)10-14-36-15-11-29(39)35(2)33(36)43/h5-9,17-18,26-27,31H,3-4,10-16,19-21,34H2,1-2H3,(H,41,42)/t26-,27+,31?/m1/s1. The molecule has 0 saturated carbocycles. The van der Waals surface area contributed by atoms with E-state index in [9.17, 15) is 24.3 Å². The molecule has 11 nitrogen and oxygen atoms in total. The van der Waals surface area contributed by atoms with E-state index in [1.165, 1.54) is 7.05 Å². The zero-order chi connectivity index (χ0) is 31.4. The number of anilines is 1. The minimum absolute atomic E-state index is 0.0436. The molecule has 2 fully saturated rings. The molecule has 4 amide bonds. The van der Waals surface area contributed by atoms with Crippen LogP contribution in [0.2, 0.25) is 0 Å². The summed E-state index contributed by atoms with van der Waals surface area (Å²) in [4.78, 5) is 58.3. The van der Waals surface area contributed by atoms with Gasteiger partial charge < -0.3 is 25.4 Å². The van der Waals surface area contributed by atoms with Crippen molar-refractivity contribution in [1.29, 1.82) is 0 Å². The molecule has 2 aromatic rings. The molecular weight excluding hydrogens is 562 g/mol. The Balaban J connectivity index is 1.43. The van der Waals surface area contributed by atoms with Crippen molar-refractivity contribution in [3.05, 3.63) is 59.2 Å². The summed E-state index contributed by atoms with van der Waals surface area (Å²) >= 11 is 0. The number of rotatable bonds is 12. The number of nitrogens with zero attached hydrogens (tertiary/aromatic N) is 4. The van der Waals surface area contributed by atoms with Crippen LogP contribution in [0.5, 0.6) is 5.75 Å². The highest BCUT2D eigenvalue weighted by molar-refractivity contribution is 5.96. The minimum Gasteiger partial charge on any atom is -0.493 e. The summed E-state index contributed by atoms with van der Waals surface area (Å²) in [5.74, 6) is -1.56. The first kappa shape index (κ1) is 31.5. The Morgan fingerprint density at radius 1 is 1.14 bits per heavy atom. The maximum Gasteiger partial charge on any atom is 0.326 e. The molecule has 0 spiro atoms. The molecule has 3 aliphatic rings. The molecule has 0 aliphatic carbocycles. The number of urea groups is 1. The van der Waals surface area contributed by atoms with Crippen molar-refractivity contribution in [3.8, 4) is 5.75 Å². The topological polar surface area (TPSA) is 137 Å². The van der Waals surface area contributed by atoms with Crippen LogP contribution in [-0.4, -0.2) is 96.0 Å². The van der Waals surface area contributed by atoms with Gasteiger partial charge in [-0.25, -0.2) is 4.79 Å². The average molecular weight is 606 g/mol. The van der Waals surface area contributed by atoms with Crippen molar-refractivity contribution in [1.82, 2.24) is 14.7 Å². The van der Waals surface area contributed by atoms with Gasteiger partial charge in [-0.2, -0.15) is 0 Å². The third kappa shape index (κ3) is 6.58. The van der Waals surface area contributed by atoms with E-state index in [0.717, 1.165) is 52.3 Å². The Labute approximate surface area is 258 Å². The van der Waals surface area contributed by atoms with Gasteiger partial charge in [-0.05, 0) is 47.7 Å². The SMILES string of the molecule is CCCCN(C(=O)CN1C[C@H](c2ccc3c(c2)CCO3)C(C(=O)O)[C@@H]1CCN1CCC(=O)N(C)C1=O)c1cccc(CN)c1. The molecule has 5 rings (SSSR count). The van der Waals surface area contributed by atoms with E-state index in [4.69, 9.17) is 10.5 Å². The van der Waals surface area contributed by atoms with Gasteiger partial charge in [0.05, 0.1) is 19.1 Å². The van der Waals surface area contributed by atoms with Gasteiger partial charge in [0.2, 0.25) is 11.8 Å². The Morgan fingerprint density at radius 3 is 2.70 bits per heavy atom. The number of ether oxygens (including phenoxy) is 1. The van der Waals surface area contributed by atoms with Crippen LogP contribution >= 0.6 is 0 Å². The van der Waals surface area contributed by atoms with Crippen molar-refractivity contribution in [3.63, 3.8) is 0 Å². The molecule has 2 aromatic carbocycles. The predicted molar refractivity (Wildman–Crippen MR) is 165 cm³/mol. The number of carboxylic acids is 1. The van der Waals surface area contributed by atoms with Crippen molar-refractivity contribution < 1.29 is 29.0 Å². The van der Waals surface area contributed by atoms with Crippen LogP contribution in [-0.2, 0) is 27.3 Å². The van der Waals surface area contributed by atoms with Gasteiger partial charge in [0.1, 0.15) is 5.75 Å². The molecule has 11 heteroatoms. The van der Waals surface area contributed by atoms with Gasteiger partial charge >= 0.3 is 12.0 Å². The number of carboxylic acid groups (broad SMARTS) is 1. The zero-order valence-corrected chi connectivity index (χ0v) is 25.6. The lowest BCUT2D eigenvalue weighted by Crippen LogP contribution is -2.52. The maximum atomic E-state index is 14.0. The number of carbonyl (C=O) groups is 4. The van der Waals surface area contributed by atoms with Gasteiger partial charge in [-0.15, -0.1) is 0 Å². The molecule has 0 radical (unpaired) electrons. The monoisotopic (exact) mass is 605 g/mol. The Hall–Kier alpha value is -3.96. The van der Waals surface area contributed by atoms with E-state index in [0.29, 0.717) is 45.8 Å². The van der Waals surface area contributed by atoms with E-state index in [2.05, 4.69) is 6.92 Å². The van der Waals surface area contributed by atoms with Crippen LogP contribution in [0, 0.1) is 5.92 Å². The van der Waals surface area contributed by atoms with E-state index < -0.39 is 17.9 Å². The van der Waals surface area contributed by atoms with Gasteiger partial charge in [0.15, 0.2) is 0 Å². The third-order valence-electron chi connectivity index (χ3n) is 9.23. The first-order valence-corrected chi connectivity index (χ1v) is 15.6. The van der Waals surface area contributed by atoms with E-state index in [-0.39, 0.29) is 36.7 Å². The number of aliphatic carboxylic acids is 1. The third-order valence-corrected chi connectivity index (χ3v) is 9.23. The molecule has 3 aliphatic heterocycles. The molecule has 44 heavy (non-hydrogen) atoms. The smallest absolute Gasteiger partial charge is 0.326 e. The largest absolute Gasteiger partial charge is 0.493 e. The highest BCUT2D eigenvalue weighted by Gasteiger charge is 2.47. The molecule has 3 heterocycles. The second-order valence-corrected chi connectivity index (χ2v) is 12.0. The molecule has 2 saturated heterocycles. The predicted octanol–water partition coefficient (Wildman–Crippen LogP) is 3.06. The summed E-state index contributed by atoms with van der Waals surface area (Å²) in [6.07, 6.45) is 3.10. The van der Waals surface area contributed by atoms with Crippen LogP contribution in [0.15, 0.2) is 42.5 Å². The zero-order valence-electron chi connectivity index (χ0n) is 25.6. The normalized spacial score (nSPS) is 21.8. The van der Waals surface area contributed by atoms with Crippen molar-refractivity contribution in [2.24, 2.45) is 11.7 Å². The fourth-order valence-electron chi connectivity index (χ4n) is 6.76. The lowest BCUT2D eigenvalue weighted by Gasteiger charge is -2.34. The van der Waals surface area contributed by atoms with Crippen molar-refractivity contribution in [2.75, 3.05) is 51.3 Å². The molecule has 3 atom stereocenters. The number of hydrogen-bond acceptors (Lipinski definition) is 7. The summed E-state index contributed by atoms with van der Waals surface area (Å²) in [5, 5.41) is 10.6. The van der Waals surface area contributed by atoms with Crippen molar-refractivity contribution in [2.45, 2.75) is 57.5 Å². The summed E-state index contributed by atoms with van der Waals surface area (Å²) in [5.41, 5.74) is 9.57. The summed E-state index contributed by atoms with van der Waals surface area (Å²) in [6, 6.07) is 12.7. The van der Waals surface area contributed by atoms with Gasteiger partial charge in [0, 0.05) is 70.3 Å². The van der Waals surface area contributed by atoms with E-state index >= 15 is 0 Å². The summed E-state index contributed by atoms with van der Waals surface area (Å²) < 4.78 is 5.68. The number of hydrogen-bond donors (Lipinski definition) is 2. The maximum absolute atomic E-state index is 14.0. The van der Waals surface area contributed by atoms with Crippen molar-refractivity contribution >= 4 is 29.5 Å². The molecule has 3 N–H and O–H groups in total. The summed E-state index contributed by atoms with van der Waals surface area (Å²) in [6.45, 7) is 4.61. The number of likely N-dealkylation sites (tertiary alicyclic amines) is 1. The first-order chi connectivity index (χ1) is 21.2. The van der Waals surface area contributed by atoms with Gasteiger partial charge in [-0.3, -0.25) is 24.2 Å². The average Bonchev–Trinajstić information content (AvgIpc) is 3.64. The van der Waals surface area contributed by atoms with Crippen LogP contribution in [0.1, 0.15) is 55.2 Å². The van der Waals surface area contributed by atoms with Crippen LogP contribution in [0.4, 0.5) is 10.5 Å². The van der Waals surface area contributed by atoms with Crippen LogP contribution in [0.25, 0.3) is 0 Å². The van der Waals surface area contributed by atoms with E-state index in [1.807, 2.05) is 47.4 Å². The number of imide groups is 1. The summed E-state index contributed by atoms with van der Waals surface area (Å²) in [7, 11) is 1.47. The highest BCUT2D eigenvalue weighted by Crippen LogP contribution is 2.41. The lowest BCUT2D eigenvalue weighted by molar-refractivity contribution is -0.143.